The fourth-order valence-corrected chi connectivity index (χ4v) is 2.84. The maximum atomic E-state index is 5.61. The number of thiophene rings is 1. The highest BCUT2D eigenvalue weighted by molar-refractivity contribution is 7.80. The van der Waals surface area contributed by atoms with Crippen molar-refractivity contribution in [2.45, 2.75) is 25.8 Å². The largest absolute Gasteiger partial charge is 0.388 e. The number of aromatic nitrogens is 1. The van der Waals surface area contributed by atoms with Crippen LogP contribution in [0.3, 0.4) is 0 Å². The van der Waals surface area contributed by atoms with Crippen LogP contribution < -0.4 is 11.1 Å². The summed E-state index contributed by atoms with van der Waals surface area (Å²) in [4.78, 5) is 5.82. The summed E-state index contributed by atoms with van der Waals surface area (Å²) in [5.74, 6) is 0. The zero-order valence-corrected chi connectivity index (χ0v) is 12.4. The van der Waals surface area contributed by atoms with Gasteiger partial charge in [-0.1, -0.05) is 31.6 Å². The number of hydrogen-bond donors (Lipinski definition) is 2. The Kier molecular flexibility index (Phi) is 4.87. The number of rotatable bonds is 6. The molecule has 2 heterocycles. The van der Waals surface area contributed by atoms with E-state index in [4.69, 9.17) is 18.0 Å². The molecule has 0 aliphatic rings. The smallest absolute Gasteiger partial charge is 0.122 e. The molecule has 0 aliphatic carbocycles. The first-order valence-corrected chi connectivity index (χ1v) is 7.55. The van der Waals surface area contributed by atoms with Crippen molar-refractivity contribution in [1.29, 1.82) is 0 Å². The molecule has 100 valence electrons. The van der Waals surface area contributed by atoms with Crippen LogP contribution in [-0.4, -0.2) is 9.97 Å². The Hall–Kier alpha value is -1.46. The van der Waals surface area contributed by atoms with E-state index in [-0.39, 0.29) is 0 Å². The number of thiocarbonyl (C=S) groups is 1. The zero-order chi connectivity index (χ0) is 13.7. The summed E-state index contributed by atoms with van der Waals surface area (Å²) in [7, 11) is 0. The Bertz CT molecular complexity index is 537. The van der Waals surface area contributed by atoms with Crippen LogP contribution in [0, 0.1) is 0 Å². The molecule has 0 saturated carbocycles. The number of nitrogens with zero attached hydrogens (tertiary/aromatic N) is 1. The average molecular weight is 291 g/mol. The summed E-state index contributed by atoms with van der Waals surface area (Å²) in [6, 6.07) is 8.41. The summed E-state index contributed by atoms with van der Waals surface area (Å²) in [6.45, 7) is 2.19. The second-order valence-corrected chi connectivity index (χ2v) is 5.71. The minimum Gasteiger partial charge on any atom is -0.388 e. The number of pyridine rings is 1. The van der Waals surface area contributed by atoms with Crippen molar-refractivity contribution in [3.8, 4) is 0 Å². The summed E-state index contributed by atoms with van der Waals surface area (Å²) in [5.41, 5.74) is 7.27. The molecule has 19 heavy (non-hydrogen) atoms. The van der Waals surface area contributed by atoms with Gasteiger partial charge in [-0.25, -0.2) is 0 Å². The van der Waals surface area contributed by atoms with Gasteiger partial charge in [0.05, 0.1) is 11.7 Å². The van der Waals surface area contributed by atoms with Crippen LogP contribution in [0.5, 0.6) is 0 Å². The Morgan fingerprint density at radius 1 is 1.53 bits per heavy atom. The number of anilines is 1. The van der Waals surface area contributed by atoms with Crippen molar-refractivity contribution in [3.63, 3.8) is 0 Å². The Morgan fingerprint density at radius 2 is 2.37 bits per heavy atom. The molecule has 0 bridgehead atoms. The van der Waals surface area contributed by atoms with Gasteiger partial charge in [0, 0.05) is 16.8 Å². The van der Waals surface area contributed by atoms with Gasteiger partial charge >= 0.3 is 0 Å². The summed E-state index contributed by atoms with van der Waals surface area (Å²) >= 11 is 6.73. The molecule has 2 aromatic rings. The van der Waals surface area contributed by atoms with Gasteiger partial charge in [0.2, 0.25) is 0 Å². The second-order valence-electron chi connectivity index (χ2n) is 4.30. The molecule has 0 saturated heterocycles. The average Bonchev–Trinajstić information content (AvgIpc) is 2.92. The van der Waals surface area contributed by atoms with Crippen molar-refractivity contribution in [3.05, 3.63) is 46.4 Å². The topological polar surface area (TPSA) is 50.9 Å². The van der Waals surface area contributed by atoms with Gasteiger partial charge in [-0.2, -0.15) is 0 Å². The first kappa shape index (κ1) is 14.0. The van der Waals surface area contributed by atoms with Crippen molar-refractivity contribution < 1.29 is 0 Å². The molecule has 1 atom stereocenters. The number of nitrogens with one attached hydrogen (secondary N) is 1. The molecule has 0 aliphatic heterocycles. The highest BCUT2D eigenvalue weighted by Gasteiger charge is 2.12. The van der Waals surface area contributed by atoms with Crippen molar-refractivity contribution in [2.24, 2.45) is 5.73 Å². The molecule has 3 N–H and O–H groups in total. The quantitative estimate of drug-likeness (QED) is 0.796. The van der Waals surface area contributed by atoms with Crippen LogP contribution in [0.2, 0.25) is 0 Å². The van der Waals surface area contributed by atoms with E-state index in [1.54, 1.807) is 17.5 Å². The van der Waals surface area contributed by atoms with Crippen LogP contribution in [0.4, 0.5) is 5.69 Å². The lowest BCUT2D eigenvalue weighted by Crippen LogP contribution is -2.13. The Morgan fingerprint density at radius 3 is 3.00 bits per heavy atom. The lowest BCUT2D eigenvalue weighted by molar-refractivity contribution is 0.687. The first-order valence-electron chi connectivity index (χ1n) is 6.26. The van der Waals surface area contributed by atoms with Gasteiger partial charge in [0.25, 0.3) is 0 Å². The van der Waals surface area contributed by atoms with Crippen LogP contribution >= 0.6 is 23.6 Å². The van der Waals surface area contributed by atoms with Gasteiger partial charge in [-0.05, 0) is 30.0 Å². The molecule has 0 amide bonds. The fourth-order valence-electron chi connectivity index (χ4n) is 1.92. The molecular formula is C14H17N3S2. The van der Waals surface area contributed by atoms with Crippen molar-refractivity contribution >= 4 is 34.2 Å². The molecule has 1 unspecified atom stereocenters. The van der Waals surface area contributed by atoms with E-state index < -0.39 is 0 Å². The third-order valence-corrected chi connectivity index (χ3v) is 4.01. The SMILES string of the molecule is CCCC(Nc1ccnc(C(N)=S)c1)c1cccs1. The van der Waals surface area contributed by atoms with E-state index in [0.29, 0.717) is 16.7 Å². The van der Waals surface area contributed by atoms with Gasteiger partial charge < -0.3 is 11.1 Å². The molecule has 5 heteroatoms. The minimum atomic E-state index is 0.326. The number of nitrogens with two attached hydrogens (primary N) is 1. The third-order valence-electron chi connectivity index (χ3n) is 2.82. The molecule has 0 radical (unpaired) electrons. The second kappa shape index (κ2) is 6.63. The molecular weight excluding hydrogens is 274 g/mol. The van der Waals surface area contributed by atoms with E-state index in [0.717, 1.165) is 18.5 Å². The monoisotopic (exact) mass is 291 g/mol. The van der Waals surface area contributed by atoms with Crippen LogP contribution in [0.25, 0.3) is 0 Å². The zero-order valence-electron chi connectivity index (χ0n) is 10.8. The summed E-state index contributed by atoms with van der Waals surface area (Å²) < 4.78 is 0. The lowest BCUT2D eigenvalue weighted by Gasteiger charge is -2.18. The molecule has 2 rings (SSSR count). The van der Waals surface area contributed by atoms with Crippen LogP contribution in [0.15, 0.2) is 35.8 Å². The lowest BCUT2D eigenvalue weighted by atomic mass is 10.1. The molecule has 0 aromatic carbocycles. The summed E-state index contributed by atoms with van der Waals surface area (Å²) in [5, 5.41) is 5.64. The van der Waals surface area contributed by atoms with Gasteiger partial charge in [-0.15, -0.1) is 11.3 Å². The number of hydrogen-bond acceptors (Lipinski definition) is 4. The molecule has 0 fully saturated rings. The van der Waals surface area contributed by atoms with Gasteiger partial charge in [0.1, 0.15) is 4.99 Å². The van der Waals surface area contributed by atoms with Crippen LogP contribution in [-0.2, 0) is 0 Å². The van der Waals surface area contributed by atoms with E-state index in [2.05, 4.69) is 34.7 Å². The third kappa shape index (κ3) is 3.75. The first-order chi connectivity index (χ1) is 9.20. The normalized spacial score (nSPS) is 12.1. The maximum Gasteiger partial charge on any atom is 0.122 e. The molecule has 3 nitrogen and oxygen atoms in total. The predicted molar refractivity (Wildman–Crippen MR) is 85.7 cm³/mol. The van der Waals surface area contributed by atoms with E-state index in [1.165, 1.54) is 4.88 Å². The fraction of sp³-hybridized carbons (Fsp3) is 0.286. The van der Waals surface area contributed by atoms with Crippen molar-refractivity contribution in [1.82, 2.24) is 4.98 Å². The van der Waals surface area contributed by atoms with E-state index in [1.807, 2.05) is 12.1 Å². The minimum absolute atomic E-state index is 0.326. The Labute approximate surface area is 122 Å². The predicted octanol–water partition coefficient (Wildman–Crippen LogP) is 3.73. The van der Waals surface area contributed by atoms with Gasteiger partial charge in [-0.3, -0.25) is 4.98 Å². The highest BCUT2D eigenvalue weighted by atomic mass is 32.1. The Balaban J connectivity index is 2.17. The van der Waals surface area contributed by atoms with E-state index >= 15 is 0 Å². The van der Waals surface area contributed by atoms with E-state index in [9.17, 15) is 0 Å². The maximum absolute atomic E-state index is 5.61. The van der Waals surface area contributed by atoms with Crippen LogP contribution in [0.1, 0.15) is 36.4 Å². The van der Waals surface area contributed by atoms with Gasteiger partial charge in [0.15, 0.2) is 0 Å². The molecule has 2 aromatic heterocycles. The summed E-state index contributed by atoms with van der Waals surface area (Å²) in [6.07, 6.45) is 3.95. The van der Waals surface area contributed by atoms with Crippen molar-refractivity contribution in [2.75, 3.05) is 5.32 Å². The molecule has 0 spiro atoms. The standard InChI is InChI=1S/C14H17N3S2/c1-2-4-11(13-5-3-8-19-13)17-10-6-7-16-12(9-10)14(15)18/h3,5-9,11H,2,4H2,1H3,(H2,15,18)(H,16,17). The highest BCUT2D eigenvalue weighted by Crippen LogP contribution is 2.27.